The van der Waals surface area contributed by atoms with Crippen molar-refractivity contribution in [1.82, 2.24) is 10.2 Å². The first kappa shape index (κ1) is 11.4. The first-order valence-electron chi connectivity index (χ1n) is 5.02. The lowest BCUT2D eigenvalue weighted by Crippen LogP contribution is -2.18. The molecule has 0 saturated carbocycles. The van der Waals surface area contributed by atoms with Gasteiger partial charge >= 0.3 is 0 Å². The number of rotatable bonds is 3. The van der Waals surface area contributed by atoms with Gasteiger partial charge in [-0.2, -0.15) is 5.10 Å². The highest BCUT2D eigenvalue weighted by atomic mass is 19.1. The topological polar surface area (TPSA) is 57.9 Å². The Morgan fingerprint density at radius 1 is 1.35 bits per heavy atom. The zero-order chi connectivity index (χ0) is 12.4. The molecule has 0 spiro atoms. The molecule has 4 nitrogen and oxygen atoms in total. The Balaban J connectivity index is 2.17. The number of hydrogen-bond donors (Lipinski definition) is 2. The van der Waals surface area contributed by atoms with Gasteiger partial charge in [-0.05, 0) is 12.1 Å². The van der Waals surface area contributed by atoms with Crippen molar-refractivity contribution in [2.45, 2.75) is 6.54 Å². The van der Waals surface area contributed by atoms with Crippen LogP contribution in [-0.2, 0) is 6.54 Å². The van der Waals surface area contributed by atoms with Gasteiger partial charge in [0.15, 0.2) is 0 Å². The highest BCUT2D eigenvalue weighted by Gasteiger charge is 2.10. The Hall–Kier alpha value is -2.11. The van der Waals surface area contributed by atoms with Crippen molar-refractivity contribution in [1.29, 1.82) is 0 Å². The minimum absolute atomic E-state index is 0.319. The second-order valence-corrected chi connectivity index (χ2v) is 3.77. The van der Waals surface area contributed by atoms with E-state index in [1.165, 1.54) is 12.1 Å². The molecular weight excluding hydrogens is 226 g/mol. The summed E-state index contributed by atoms with van der Waals surface area (Å²) < 4.78 is 26.2. The first-order valence-corrected chi connectivity index (χ1v) is 5.02. The van der Waals surface area contributed by atoms with E-state index in [0.717, 1.165) is 11.8 Å². The minimum Gasteiger partial charge on any atom is -0.382 e. The quantitative estimate of drug-likeness (QED) is 0.858. The van der Waals surface area contributed by atoms with Crippen molar-refractivity contribution < 1.29 is 8.78 Å². The lowest BCUT2D eigenvalue weighted by atomic mass is 10.2. The normalized spacial score (nSPS) is 10.5. The van der Waals surface area contributed by atoms with Crippen LogP contribution in [0.2, 0.25) is 0 Å². The third-order valence-corrected chi connectivity index (χ3v) is 2.38. The number of nitrogens with two attached hydrogens (primary N) is 1. The van der Waals surface area contributed by atoms with Crippen LogP contribution >= 0.6 is 0 Å². The molecule has 0 atom stereocenters. The third-order valence-electron chi connectivity index (χ3n) is 2.38. The van der Waals surface area contributed by atoms with E-state index in [9.17, 15) is 8.78 Å². The molecule has 0 aliphatic rings. The lowest BCUT2D eigenvalue weighted by molar-refractivity contribution is 0.580. The SMILES string of the molecule is CN(Cc1cc(N)n[nH]1)c1ccc(F)cc1F. The number of H-pyrrole nitrogens is 1. The molecule has 1 heterocycles. The number of hydrogen-bond acceptors (Lipinski definition) is 3. The van der Waals surface area contributed by atoms with Gasteiger partial charge in [-0.15, -0.1) is 0 Å². The number of anilines is 2. The monoisotopic (exact) mass is 238 g/mol. The van der Waals surface area contributed by atoms with Gasteiger partial charge in [0.2, 0.25) is 0 Å². The van der Waals surface area contributed by atoms with Crippen molar-refractivity contribution in [3.8, 4) is 0 Å². The van der Waals surface area contributed by atoms with Crippen LogP contribution in [-0.4, -0.2) is 17.2 Å². The van der Waals surface area contributed by atoms with E-state index in [1.54, 1.807) is 18.0 Å². The minimum atomic E-state index is -0.597. The van der Waals surface area contributed by atoms with E-state index < -0.39 is 11.6 Å². The summed E-state index contributed by atoms with van der Waals surface area (Å²) in [6.45, 7) is 0.409. The summed E-state index contributed by atoms with van der Waals surface area (Å²) in [6.07, 6.45) is 0. The Morgan fingerprint density at radius 2 is 2.12 bits per heavy atom. The van der Waals surface area contributed by atoms with Crippen LogP contribution in [0.5, 0.6) is 0 Å². The van der Waals surface area contributed by atoms with Gasteiger partial charge in [0.25, 0.3) is 0 Å². The molecule has 0 unspecified atom stereocenters. The average molecular weight is 238 g/mol. The first-order chi connectivity index (χ1) is 8.06. The molecule has 3 N–H and O–H groups in total. The number of nitrogens with zero attached hydrogens (tertiary/aromatic N) is 2. The Labute approximate surface area is 97.0 Å². The highest BCUT2D eigenvalue weighted by Crippen LogP contribution is 2.20. The van der Waals surface area contributed by atoms with Crippen molar-refractivity contribution in [3.63, 3.8) is 0 Å². The van der Waals surface area contributed by atoms with Crippen LogP contribution in [0.3, 0.4) is 0 Å². The van der Waals surface area contributed by atoms with Gasteiger partial charge in [0.05, 0.1) is 17.9 Å². The van der Waals surface area contributed by atoms with Crippen molar-refractivity contribution in [3.05, 3.63) is 41.6 Å². The molecule has 1 aromatic carbocycles. The summed E-state index contributed by atoms with van der Waals surface area (Å²) in [5.41, 5.74) is 6.54. The predicted octanol–water partition coefficient (Wildman–Crippen LogP) is 1.91. The number of aromatic amines is 1. The van der Waals surface area contributed by atoms with Crippen LogP contribution in [0.15, 0.2) is 24.3 Å². The van der Waals surface area contributed by atoms with Gasteiger partial charge in [-0.3, -0.25) is 5.10 Å². The zero-order valence-electron chi connectivity index (χ0n) is 9.24. The smallest absolute Gasteiger partial charge is 0.149 e. The van der Waals surface area contributed by atoms with E-state index in [0.29, 0.717) is 18.1 Å². The second-order valence-electron chi connectivity index (χ2n) is 3.77. The highest BCUT2D eigenvalue weighted by molar-refractivity contribution is 5.47. The van der Waals surface area contributed by atoms with Crippen LogP contribution in [0, 0.1) is 11.6 Å². The second kappa shape index (κ2) is 4.40. The summed E-state index contributed by atoms with van der Waals surface area (Å²) in [5.74, 6) is -0.807. The van der Waals surface area contributed by atoms with Crippen LogP contribution in [0.1, 0.15) is 5.69 Å². The largest absolute Gasteiger partial charge is 0.382 e. The fourth-order valence-corrected chi connectivity index (χ4v) is 1.59. The molecule has 2 rings (SSSR count). The molecule has 2 aromatic rings. The molecule has 6 heteroatoms. The molecule has 1 aromatic heterocycles. The summed E-state index contributed by atoms with van der Waals surface area (Å²) in [7, 11) is 1.70. The van der Waals surface area contributed by atoms with Crippen molar-refractivity contribution in [2.75, 3.05) is 17.7 Å². The molecule has 90 valence electrons. The Morgan fingerprint density at radius 3 is 2.71 bits per heavy atom. The maximum Gasteiger partial charge on any atom is 0.149 e. The van der Waals surface area contributed by atoms with E-state index in [4.69, 9.17) is 5.73 Å². The fourth-order valence-electron chi connectivity index (χ4n) is 1.59. The predicted molar refractivity (Wildman–Crippen MR) is 61.5 cm³/mol. The van der Waals surface area contributed by atoms with Gasteiger partial charge in [0.1, 0.15) is 17.5 Å². The molecule has 0 aliphatic heterocycles. The average Bonchev–Trinajstić information content (AvgIpc) is 2.63. The number of benzene rings is 1. The molecular formula is C11H12F2N4. The molecule has 0 saturated heterocycles. The maximum absolute atomic E-state index is 13.5. The van der Waals surface area contributed by atoms with Gasteiger partial charge in [0, 0.05) is 19.2 Å². The van der Waals surface area contributed by atoms with E-state index in [1.807, 2.05) is 0 Å². The summed E-state index contributed by atoms with van der Waals surface area (Å²) in [4.78, 5) is 1.64. The van der Waals surface area contributed by atoms with Crippen LogP contribution in [0.25, 0.3) is 0 Å². The zero-order valence-corrected chi connectivity index (χ0v) is 9.24. The molecule has 17 heavy (non-hydrogen) atoms. The van der Waals surface area contributed by atoms with E-state index in [-0.39, 0.29) is 0 Å². The van der Waals surface area contributed by atoms with Crippen LogP contribution in [0.4, 0.5) is 20.3 Å². The van der Waals surface area contributed by atoms with Crippen molar-refractivity contribution >= 4 is 11.5 Å². The number of aromatic nitrogens is 2. The van der Waals surface area contributed by atoms with Gasteiger partial charge < -0.3 is 10.6 Å². The number of nitrogen functional groups attached to an aromatic ring is 1. The number of nitrogens with one attached hydrogen (secondary N) is 1. The summed E-state index contributed by atoms with van der Waals surface area (Å²) in [5, 5.41) is 6.50. The standard InChI is InChI=1S/C11H12F2N4/c1-17(6-8-5-11(14)16-15-8)10-3-2-7(12)4-9(10)13/h2-5H,6H2,1H3,(H3,14,15,16). The van der Waals surface area contributed by atoms with E-state index >= 15 is 0 Å². The molecule has 0 bridgehead atoms. The summed E-state index contributed by atoms with van der Waals surface area (Å²) in [6, 6.07) is 5.13. The Bertz CT molecular complexity index is 524. The fraction of sp³-hybridized carbons (Fsp3) is 0.182. The Kier molecular flexibility index (Phi) is 2.95. The molecule has 0 radical (unpaired) electrons. The molecule has 0 aliphatic carbocycles. The van der Waals surface area contributed by atoms with Crippen LogP contribution < -0.4 is 10.6 Å². The van der Waals surface area contributed by atoms with Crippen molar-refractivity contribution in [2.24, 2.45) is 0 Å². The molecule has 0 amide bonds. The van der Waals surface area contributed by atoms with E-state index in [2.05, 4.69) is 10.2 Å². The van der Waals surface area contributed by atoms with Gasteiger partial charge in [-0.25, -0.2) is 8.78 Å². The number of halogens is 2. The molecule has 0 fully saturated rings. The lowest BCUT2D eigenvalue weighted by Gasteiger charge is -2.18. The maximum atomic E-state index is 13.5. The summed E-state index contributed by atoms with van der Waals surface area (Å²) >= 11 is 0. The van der Waals surface area contributed by atoms with Gasteiger partial charge in [-0.1, -0.05) is 0 Å². The third kappa shape index (κ3) is 2.52.